The molecule has 2 N–H and O–H groups in total. The Hall–Kier alpha value is -0.810. The third-order valence-electron chi connectivity index (χ3n) is 2.45. The molecule has 1 aromatic rings. The molecule has 5 heteroatoms. The van der Waals surface area contributed by atoms with E-state index in [0.717, 1.165) is 6.42 Å². The van der Waals surface area contributed by atoms with Gasteiger partial charge in [-0.3, -0.25) is 0 Å². The zero-order valence-corrected chi connectivity index (χ0v) is 10.3. The molecule has 1 aliphatic rings. The second-order valence-corrected chi connectivity index (χ2v) is 4.42. The molecule has 0 atom stereocenters. The summed E-state index contributed by atoms with van der Waals surface area (Å²) >= 11 is 3.18. The normalized spacial score (nSPS) is 13.9. The monoisotopic (exact) mass is 289 g/mol. The topological polar surface area (TPSA) is 44.5 Å². The van der Waals surface area contributed by atoms with Crippen molar-refractivity contribution in [3.8, 4) is 11.5 Å². The Kier molecular flexibility index (Phi) is 3.66. The van der Waals surface area contributed by atoms with Gasteiger partial charge in [0.25, 0.3) is 0 Å². The Morgan fingerprint density at radius 2 is 2.12 bits per heavy atom. The summed E-state index contributed by atoms with van der Waals surface area (Å²) < 4.78 is 25.2. The summed E-state index contributed by atoms with van der Waals surface area (Å²) in [6.45, 7) is 1.49. The average molecular weight is 290 g/mol. The largest absolute Gasteiger partial charge is 0.486 e. The summed E-state index contributed by atoms with van der Waals surface area (Å²) in [7, 11) is 0. The van der Waals surface area contributed by atoms with E-state index >= 15 is 0 Å². The molecule has 2 rings (SSSR count). The van der Waals surface area contributed by atoms with Crippen LogP contribution in [0.3, 0.4) is 0 Å². The van der Waals surface area contributed by atoms with Gasteiger partial charge in [-0.1, -0.05) is 0 Å². The lowest BCUT2D eigenvalue weighted by molar-refractivity contribution is 0.168. The Balaban J connectivity index is 2.41. The first-order chi connectivity index (χ1) is 7.74. The predicted molar refractivity (Wildman–Crippen MR) is 62.5 cm³/mol. The predicted octanol–water partition coefficient (Wildman–Crippen LogP) is 2.25. The molecule has 3 nitrogen and oxygen atoms in total. The third kappa shape index (κ3) is 2.15. The van der Waals surface area contributed by atoms with E-state index in [4.69, 9.17) is 15.2 Å². The molecule has 16 heavy (non-hydrogen) atoms. The number of benzene rings is 1. The van der Waals surface area contributed by atoms with E-state index < -0.39 is 0 Å². The zero-order valence-electron chi connectivity index (χ0n) is 8.76. The van der Waals surface area contributed by atoms with E-state index in [-0.39, 0.29) is 5.82 Å². The summed E-state index contributed by atoms with van der Waals surface area (Å²) in [5.74, 6) is 0.852. The van der Waals surface area contributed by atoms with Crippen molar-refractivity contribution in [2.45, 2.75) is 12.8 Å². The summed E-state index contributed by atoms with van der Waals surface area (Å²) in [5.41, 5.74) is 5.98. The molecule has 0 aliphatic carbocycles. The number of ether oxygens (including phenoxy) is 2. The molecular weight excluding hydrogens is 277 g/mol. The van der Waals surface area contributed by atoms with Crippen LogP contribution in [0.5, 0.6) is 11.5 Å². The van der Waals surface area contributed by atoms with Crippen LogP contribution in [0, 0.1) is 5.82 Å². The fourth-order valence-electron chi connectivity index (χ4n) is 1.70. The van der Waals surface area contributed by atoms with Crippen LogP contribution >= 0.6 is 15.9 Å². The fraction of sp³-hybridized carbons (Fsp3) is 0.455. The molecule has 0 fully saturated rings. The fourth-order valence-corrected chi connectivity index (χ4v) is 2.15. The van der Waals surface area contributed by atoms with Gasteiger partial charge in [-0.2, -0.15) is 0 Å². The quantitative estimate of drug-likeness (QED) is 0.928. The molecule has 0 bridgehead atoms. The lowest BCUT2D eigenvalue weighted by atomic mass is 10.1. The van der Waals surface area contributed by atoms with Crippen molar-refractivity contribution in [3.63, 3.8) is 0 Å². The Morgan fingerprint density at radius 3 is 2.88 bits per heavy atom. The van der Waals surface area contributed by atoms with Crippen LogP contribution in [-0.2, 0) is 6.42 Å². The number of rotatable bonds is 3. The van der Waals surface area contributed by atoms with Gasteiger partial charge in [-0.05, 0) is 35.3 Å². The summed E-state index contributed by atoms with van der Waals surface area (Å²) in [6.07, 6.45) is 1.29. The molecule has 0 spiro atoms. The van der Waals surface area contributed by atoms with Crippen molar-refractivity contribution in [2.75, 3.05) is 19.8 Å². The van der Waals surface area contributed by atoms with Gasteiger partial charge in [0.2, 0.25) is 0 Å². The first-order valence-corrected chi connectivity index (χ1v) is 6.00. The van der Waals surface area contributed by atoms with Gasteiger partial charge >= 0.3 is 0 Å². The van der Waals surface area contributed by atoms with Crippen LogP contribution in [-0.4, -0.2) is 19.8 Å². The number of hydrogen-bond acceptors (Lipinski definition) is 3. The minimum Gasteiger partial charge on any atom is -0.486 e. The van der Waals surface area contributed by atoms with E-state index in [1.165, 1.54) is 0 Å². The third-order valence-corrected chi connectivity index (χ3v) is 3.03. The molecule has 0 saturated heterocycles. The minimum absolute atomic E-state index is 0.280. The average Bonchev–Trinajstić information content (AvgIpc) is 2.30. The van der Waals surface area contributed by atoms with E-state index in [0.29, 0.717) is 47.7 Å². The van der Waals surface area contributed by atoms with Crippen molar-refractivity contribution in [2.24, 2.45) is 5.73 Å². The lowest BCUT2D eigenvalue weighted by Crippen LogP contribution is -2.17. The second kappa shape index (κ2) is 5.01. The van der Waals surface area contributed by atoms with Gasteiger partial charge in [-0.15, -0.1) is 0 Å². The van der Waals surface area contributed by atoms with Gasteiger partial charge in [-0.25, -0.2) is 4.39 Å². The SMILES string of the molecule is NCCCc1c(F)c(Br)cc2c1OCCO2. The van der Waals surface area contributed by atoms with E-state index in [1.807, 2.05) is 0 Å². The highest BCUT2D eigenvalue weighted by Gasteiger charge is 2.21. The van der Waals surface area contributed by atoms with Crippen LogP contribution < -0.4 is 15.2 Å². The van der Waals surface area contributed by atoms with Crippen molar-refractivity contribution in [1.82, 2.24) is 0 Å². The highest BCUT2D eigenvalue weighted by atomic mass is 79.9. The number of fused-ring (bicyclic) bond motifs is 1. The second-order valence-electron chi connectivity index (χ2n) is 3.57. The van der Waals surface area contributed by atoms with Crippen molar-refractivity contribution in [1.29, 1.82) is 0 Å². The standard InChI is InChI=1S/C11H13BrFNO2/c12-8-6-9-11(16-5-4-15-9)7(10(8)13)2-1-3-14/h6H,1-5,14H2. The van der Waals surface area contributed by atoms with Gasteiger partial charge in [0.15, 0.2) is 11.5 Å². The van der Waals surface area contributed by atoms with Crippen LogP contribution in [0.25, 0.3) is 0 Å². The summed E-state index contributed by atoms with van der Waals surface area (Å²) in [5, 5.41) is 0. The van der Waals surface area contributed by atoms with Crippen LogP contribution in [0.1, 0.15) is 12.0 Å². The highest BCUT2D eigenvalue weighted by Crippen LogP contribution is 2.39. The Labute approximate surface area is 102 Å². The van der Waals surface area contributed by atoms with E-state index in [1.54, 1.807) is 6.07 Å². The van der Waals surface area contributed by atoms with Gasteiger partial charge < -0.3 is 15.2 Å². The van der Waals surface area contributed by atoms with E-state index in [9.17, 15) is 4.39 Å². The van der Waals surface area contributed by atoms with Crippen molar-refractivity contribution < 1.29 is 13.9 Å². The van der Waals surface area contributed by atoms with Gasteiger partial charge in [0.1, 0.15) is 19.0 Å². The maximum absolute atomic E-state index is 13.9. The molecule has 0 aromatic heterocycles. The molecule has 0 unspecified atom stereocenters. The summed E-state index contributed by atoms with van der Waals surface area (Å²) in [6, 6.07) is 1.61. The zero-order chi connectivity index (χ0) is 11.5. The number of halogens is 2. The van der Waals surface area contributed by atoms with Gasteiger partial charge in [0, 0.05) is 11.6 Å². The van der Waals surface area contributed by atoms with Crippen LogP contribution in [0.4, 0.5) is 4.39 Å². The van der Waals surface area contributed by atoms with Crippen molar-refractivity contribution >= 4 is 15.9 Å². The lowest BCUT2D eigenvalue weighted by Gasteiger charge is -2.22. The van der Waals surface area contributed by atoms with Crippen LogP contribution in [0.2, 0.25) is 0 Å². The Morgan fingerprint density at radius 1 is 1.38 bits per heavy atom. The van der Waals surface area contributed by atoms with Crippen molar-refractivity contribution in [3.05, 3.63) is 21.9 Å². The maximum atomic E-state index is 13.9. The van der Waals surface area contributed by atoms with Gasteiger partial charge in [0.05, 0.1) is 4.47 Å². The number of nitrogens with two attached hydrogens (primary N) is 1. The molecule has 0 saturated carbocycles. The van der Waals surface area contributed by atoms with E-state index in [2.05, 4.69) is 15.9 Å². The molecular formula is C11H13BrFNO2. The first kappa shape index (κ1) is 11.7. The minimum atomic E-state index is -0.280. The molecule has 88 valence electrons. The first-order valence-electron chi connectivity index (χ1n) is 5.20. The molecule has 0 amide bonds. The molecule has 1 aromatic carbocycles. The smallest absolute Gasteiger partial charge is 0.167 e. The summed E-state index contributed by atoms with van der Waals surface area (Å²) in [4.78, 5) is 0. The Bertz CT molecular complexity index is 398. The molecule has 0 radical (unpaired) electrons. The maximum Gasteiger partial charge on any atom is 0.167 e. The number of hydrogen-bond donors (Lipinski definition) is 1. The van der Waals surface area contributed by atoms with Crippen LogP contribution in [0.15, 0.2) is 10.5 Å². The molecule has 1 aliphatic heterocycles. The highest BCUT2D eigenvalue weighted by molar-refractivity contribution is 9.10. The molecule has 1 heterocycles.